The molecular formula is C9H10ClNO4S. The molecule has 0 bridgehead atoms. The predicted octanol–water partition coefficient (Wildman–Crippen LogP) is 0.526. The Morgan fingerprint density at radius 2 is 1.88 bits per heavy atom. The van der Waals surface area contributed by atoms with Gasteiger partial charge in [-0.3, -0.25) is 4.79 Å². The average Bonchev–Trinajstić information content (AvgIpc) is 2.17. The summed E-state index contributed by atoms with van der Waals surface area (Å²) in [6.45, 7) is 0. The highest BCUT2D eigenvalue weighted by atomic mass is 35.5. The van der Waals surface area contributed by atoms with Gasteiger partial charge in [0.25, 0.3) is 0 Å². The topological polar surface area (TPSA) is 97.5 Å². The van der Waals surface area contributed by atoms with E-state index in [0.29, 0.717) is 5.02 Å². The highest BCUT2D eigenvalue weighted by Gasteiger charge is 2.23. The van der Waals surface area contributed by atoms with Crippen LogP contribution in [0.3, 0.4) is 0 Å². The third-order valence-electron chi connectivity index (χ3n) is 1.89. The Hall–Kier alpha value is -1.11. The Labute approximate surface area is 97.8 Å². The van der Waals surface area contributed by atoms with Gasteiger partial charge in [0.2, 0.25) is 0 Å². The van der Waals surface area contributed by atoms with Crippen molar-refractivity contribution < 1.29 is 18.3 Å². The number of aliphatic carboxylic acids is 1. The minimum absolute atomic E-state index is 0.00796. The Kier molecular flexibility index (Phi) is 3.90. The molecule has 0 heterocycles. The van der Waals surface area contributed by atoms with Crippen molar-refractivity contribution in [2.75, 3.05) is 5.75 Å². The van der Waals surface area contributed by atoms with Gasteiger partial charge >= 0.3 is 5.97 Å². The molecule has 5 nitrogen and oxygen atoms in total. The van der Waals surface area contributed by atoms with E-state index in [4.69, 9.17) is 22.4 Å². The van der Waals surface area contributed by atoms with Crippen LogP contribution in [0.2, 0.25) is 5.02 Å². The Morgan fingerprint density at radius 3 is 2.31 bits per heavy atom. The fourth-order valence-electron chi connectivity index (χ4n) is 1.05. The molecule has 88 valence electrons. The molecule has 0 aromatic heterocycles. The lowest BCUT2D eigenvalue weighted by atomic mass is 10.4. The lowest BCUT2D eigenvalue weighted by Gasteiger charge is -2.07. The van der Waals surface area contributed by atoms with Gasteiger partial charge in [0.05, 0.1) is 10.6 Å². The largest absolute Gasteiger partial charge is 0.480 e. The first-order valence-electron chi connectivity index (χ1n) is 4.29. The van der Waals surface area contributed by atoms with Crippen LogP contribution in [0.4, 0.5) is 0 Å². The van der Waals surface area contributed by atoms with Crippen LogP contribution < -0.4 is 5.73 Å². The molecule has 0 saturated heterocycles. The lowest BCUT2D eigenvalue weighted by molar-refractivity contribution is -0.137. The molecule has 1 rings (SSSR count). The third-order valence-corrected chi connectivity index (χ3v) is 3.93. The van der Waals surface area contributed by atoms with Crippen LogP contribution in [0.1, 0.15) is 0 Å². The summed E-state index contributed by atoms with van der Waals surface area (Å²) in [4.78, 5) is 10.5. The minimum Gasteiger partial charge on any atom is -0.480 e. The molecule has 0 fully saturated rings. The molecule has 16 heavy (non-hydrogen) atoms. The van der Waals surface area contributed by atoms with Crippen LogP contribution in [0, 0.1) is 0 Å². The first-order chi connectivity index (χ1) is 7.33. The van der Waals surface area contributed by atoms with Crippen molar-refractivity contribution in [2.24, 2.45) is 5.73 Å². The number of sulfone groups is 1. The van der Waals surface area contributed by atoms with Crippen molar-refractivity contribution in [1.82, 2.24) is 0 Å². The summed E-state index contributed by atoms with van der Waals surface area (Å²) < 4.78 is 23.3. The van der Waals surface area contributed by atoms with E-state index in [2.05, 4.69) is 0 Å². The monoisotopic (exact) mass is 263 g/mol. The van der Waals surface area contributed by atoms with E-state index in [9.17, 15) is 13.2 Å². The van der Waals surface area contributed by atoms with Gasteiger partial charge in [0, 0.05) is 5.02 Å². The van der Waals surface area contributed by atoms with Crippen molar-refractivity contribution in [3.05, 3.63) is 29.3 Å². The number of carboxylic acid groups (broad SMARTS) is 1. The molecule has 0 spiro atoms. The zero-order valence-corrected chi connectivity index (χ0v) is 9.70. The van der Waals surface area contributed by atoms with Crippen molar-refractivity contribution in [1.29, 1.82) is 0 Å². The first-order valence-corrected chi connectivity index (χ1v) is 6.32. The Morgan fingerprint density at radius 1 is 1.38 bits per heavy atom. The van der Waals surface area contributed by atoms with Crippen molar-refractivity contribution >= 4 is 27.4 Å². The molecule has 0 aliphatic rings. The molecular weight excluding hydrogens is 254 g/mol. The maximum atomic E-state index is 11.7. The summed E-state index contributed by atoms with van der Waals surface area (Å²) in [6, 6.07) is 4.03. The number of halogens is 1. The van der Waals surface area contributed by atoms with E-state index in [1.165, 1.54) is 24.3 Å². The summed E-state index contributed by atoms with van der Waals surface area (Å²) >= 11 is 5.60. The van der Waals surface area contributed by atoms with Gasteiger partial charge < -0.3 is 10.8 Å². The predicted molar refractivity (Wildman–Crippen MR) is 59.1 cm³/mol. The van der Waals surface area contributed by atoms with Crippen LogP contribution >= 0.6 is 11.6 Å². The maximum absolute atomic E-state index is 11.7. The second kappa shape index (κ2) is 4.82. The first kappa shape index (κ1) is 13.0. The molecule has 3 N–H and O–H groups in total. The molecule has 1 aromatic rings. The third kappa shape index (κ3) is 3.19. The highest BCUT2D eigenvalue weighted by Crippen LogP contribution is 2.15. The molecule has 0 amide bonds. The number of carboxylic acids is 1. The van der Waals surface area contributed by atoms with Gasteiger partial charge in [0.15, 0.2) is 9.84 Å². The van der Waals surface area contributed by atoms with Gasteiger partial charge in [-0.1, -0.05) is 11.6 Å². The molecule has 0 aliphatic carbocycles. The zero-order valence-electron chi connectivity index (χ0n) is 8.13. The molecule has 1 unspecified atom stereocenters. The van der Waals surface area contributed by atoms with E-state index >= 15 is 0 Å². The summed E-state index contributed by atoms with van der Waals surface area (Å²) in [7, 11) is -3.69. The summed E-state index contributed by atoms with van der Waals surface area (Å²) in [5, 5.41) is 8.93. The molecule has 0 aliphatic heterocycles. The molecule has 0 radical (unpaired) electrons. The molecule has 1 atom stereocenters. The minimum atomic E-state index is -3.69. The quantitative estimate of drug-likeness (QED) is 0.826. The standard InChI is InChI=1S/C9H10ClNO4S/c10-6-1-3-7(4-2-6)16(14,15)5-8(11)9(12)13/h1-4,8H,5,11H2,(H,12,13). The average molecular weight is 264 g/mol. The number of carbonyl (C=O) groups is 1. The number of hydrogen-bond donors (Lipinski definition) is 2. The molecule has 1 aromatic carbocycles. The van der Waals surface area contributed by atoms with Crippen molar-refractivity contribution in [2.45, 2.75) is 10.9 Å². The van der Waals surface area contributed by atoms with Crippen LogP contribution in [0.5, 0.6) is 0 Å². The van der Waals surface area contributed by atoms with E-state index in [-0.39, 0.29) is 4.90 Å². The molecule has 0 saturated carbocycles. The number of rotatable bonds is 4. The van der Waals surface area contributed by atoms with E-state index in [1.807, 2.05) is 0 Å². The van der Waals surface area contributed by atoms with Crippen molar-refractivity contribution in [3.63, 3.8) is 0 Å². The van der Waals surface area contributed by atoms with Crippen molar-refractivity contribution in [3.8, 4) is 0 Å². The lowest BCUT2D eigenvalue weighted by Crippen LogP contribution is -2.37. The van der Waals surface area contributed by atoms with Gasteiger partial charge in [-0.05, 0) is 24.3 Å². The second-order valence-corrected chi connectivity index (χ2v) is 5.65. The van der Waals surface area contributed by atoms with Crippen LogP contribution in [0.15, 0.2) is 29.2 Å². The summed E-state index contributed by atoms with van der Waals surface area (Å²) in [5.74, 6) is -1.98. The Bertz CT molecular complexity index is 483. The van der Waals surface area contributed by atoms with E-state index in [0.717, 1.165) is 0 Å². The van der Waals surface area contributed by atoms with Crippen LogP contribution in [-0.4, -0.2) is 31.3 Å². The number of benzene rings is 1. The normalized spacial score (nSPS) is 13.4. The zero-order chi connectivity index (χ0) is 12.3. The fourth-order valence-corrected chi connectivity index (χ4v) is 2.53. The highest BCUT2D eigenvalue weighted by molar-refractivity contribution is 7.91. The summed E-state index contributed by atoms with van der Waals surface area (Å²) in [5.41, 5.74) is 5.17. The van der Waals surface area contributed by atoms with Gasteiger partial charge in [-0.15, -0.1) is 0 Å². The smallest absolute Gasteiger partial charge is 0.321 e. The molecule has 7 heteroatoms. The SMILES string of the molecule is NC(CS(=O)(=O)c1ccc(Cl)cc1)C(=O)O. The Balaban J connectivity index is 2.94. The number of hydrogen-bond acceptors (Lipinski definition) is 4. The number of nitrogens with two attached hydrogens (primary N) is 1. The van der Waals surface area contributed by atoms with E-state index in [1.54, 1.807) is 0 Å². The van der Waals surface area contributed by atoms with Gasteiger partial charge in [0.1, 0.15) is 6.04 Å². The summed E-state index contributed by atoms with van der Waals surface area (Å²) in [6.07, 6.45) is 0. The maximum Gasteiger partial charge on any atom is 0.321 e. The van der Waals surface area contributed by atoms with Crippen LogP contribution in [-0.2, 0) is 14.6 Å². The van der Waals surface area contributed by atoms with Crippen LogP contribution in [0.25, 0.3) is 0 Å². The van der Waals surface area contributed by atoms with Gasteiger partial charge in [-0.2, -0.15) is 0 Å². The van der Waals surface area contributed by atoms with Gasteiger partial charge in [-0.25, -0.2) is 8.42 Å². The van der Waals surface area contributed by atoms with E-state index < -0.39 is 27.6 Å². The fraction of sp³-hybridized carbons (Fsp3) is 0.222. The second-order valence-electron chi connectivity index (χ2n) is 3.18.